The van der Waals surface area contributed by atoms with Crippen molar-refractivity contribution in [3.63, 3.8) is 0 Å². The highest BCUT2D eigenvalue weighted by molar-refractivity contribution is 5.81. The van der Waals surface area contributed by atoms with Gasteiger partial charge in [-0.2, -0.15) is 0 Å². The van der Waals surface area contributed by atoms with Crippen molar-refractivity contribution in [1.82, 2.24) is 0 Å². The number of aliphatic hydroxyl groups excluding tert-OH is 1. The number of ether oxygens (including phenoxy) is 4. The fraction of sp³-hybridized carbons (Fsp3) is 0.345. The molecule has 6 nitrogen and oxygen atoms in total. The second-order valence-electron chi connectivity index (χ2n) is 8.72. The number of aliphatic hydroxyl groups is 1. The summed E-state index contributed by atoms with van der Waals surface area (Å²) in [4.78, 5) is 12.3. The Balaban J connectivity index is 1.52. The summed E-state index contributed by atoms with van der Waals surface area (Å²) in [6, 6.07) is 29.3. The average molecular weight is 477 g/mol. The van der Waals surface area contributed by atoms with Gasteiger partial charge in [0.2, 0.25) is 0 Å². The number of hydrogen-bond acceptors (Lipinski definition) is 6. The van der Waals surface area contributed by atoms with Gasteiger partial charge in [-0.25, -0.2) is 0 Å². The Morgan fingerprint density at radius 2 is 1.20 bits per heavy atom. The van der Waals surface area contributed by atoms with E-state index in [1.54, 1.807) is 0 Å². The Kier molecular flexibility index (Phi) is 9.17. The first-order chi connectivity index (χ1) is 17.1. The molecule has 3 aromatic carbocycles. The Morgan fingerprint density at radius 3 is 1.69 bits per heavy atom. The van der Waals surface area contributed by atoms with Crippen LogP contribution in [0.4, 0.5) is 0 Å². The van der Waals surface area contributed by atoms with Gasteiger partial charge in [-0.15, -0.1) is 0 Å². The van der Waals surface area contributed by atoms with Crippen molar-refractivity contribution in [2.75, 3.05) is 6.61 Å². The van der Waals surface area contributed by atoms with Gasteiger partial charge in [0.1, 0.15) is 30.5 Å². The molecule has 0 radical (unpaired) electrons. The Bertz CT molecular complexity index is 1030. The summed E-state index contributed by atoms with van der Waals surface area (Å²) < 4.78 is 24.5. The zero-order valence-electron chi connectivity index (χ0n) is 19.9. The van der Waals surface area contributed by atoms with Crippen LogP contribution >= 0.6 is 0 Å². The van der Waals surface area contributed by atoms with Gasteiger partial charge in [-0.1, -0.05) is 91.0 Å². The maximum absolute atomic E-state index is 12.3. The second-order valence-corrected chi connectivity index (χ2v) is 8.72. The summed E-state index contributed by atoms with van der Waals surface area (Å²) in [6.07, 6.45) is -4.19. The predicted molar refractivity (Wildman–Crippen MR) is 131 cm³/mol. The quantitative estimate of drug-likeness (QED) is 0.449. The van der Waals surface area contributed by atoms with E-state index < -0.39 is 30.5 Å². The molecule has 0 amide bonds. The molecule has 0 aromatic heterocycles. The van der Waals surface area contributed by atoms with Gasteiger partial charge in [0, 0.05) is 0 Å². The minimum atomic E-state index is -1.16. The molecule has 1 aliphatic heterocycles. The molecule has 4 rings (SSSR count). The zero-order chi connectivity index (χ0) is 24.5. The largest absolute Gasteiger partial charge is 0.387 e. The summed E-state index contributed by atoms with van der Waals surface area (Å²) >= 11 is 0. The van der Waals surface area contributed by atoms with Crippen LogP contribution in [0.5, 0.6) is 0 Å². The smallest absolute Gasteiger partial charge is 0.161 e. The van der Waals surface area contributed by atoms with Gasteiger partial charge in [0.25, 0.3) is 0 Å². The number of carbonyl (C=O) groups is 1. The van der Waals surface area contributed by atoms with Gasteiger partial charge in [-0.05, 0) is 23.6 Å². The molecule has 1 fully saturated rings. The monoisotopic (exact) mass is 476 g/mol. The molecule has 35 heavy (non-hydrogen) atoms. The maximum Gasteiger partial charge on any atom is 0.161 e. The van der Waals surface area contributed by atoms with Crippen molar-refractivity contribution >= 4 is 5.78 Å². The first-order valence-corrected chi connectivity index (χ1v) is 11.9. The lowest BCUT2D eigenvalue weighted by Gasteiger charge is -2.43. The van der Waals surface area contributed by atoms with Crippen LogP contribution < -0.4 is 0 Å². The van der Waals surface area contributed by atoms with Crippen molar-refractivity contribution in [1.29, 1.82) is 0 Å². The molecule has 0 spiro atoms. The first-order valence-electron chi connectivity index (χ1n) is 11.9. The highest BCUT2D eigenvalue weighted by Crippen LogP contribution is 2.29. The molecule has 1 aliphatic rings. The number of ketones is 1. The van der Waals surface area contributed by atoms with Gasteiger partial charge in [-0.3, -0.25) is 4.79 Å². The maximum atomic E-state index is 12.3. The van der Waals surface area contributed by atoms with Crippen molar-refractivity contribution in [2.45, 2.75) is 57.3 Å². The van der Waals surface area contributed by atoms with Gasteiger partial charge in [0.05, 0.1) is 26.4 Å². The van der Waals surface area contributed by atoms with E-state index in [1.807, 2.05) is 91.0 Å². The number of carbonyl (C=O) groups excluding carboxylic acids is 1. The topological polar surface area (TPSA) is 74.2 Å². The molecule has 5 atom stereocenters. The third kappa shape index (κ3) is 7.07. The van der Waals surface area contributed by atoms with E-state index in [0.717, 1.165) is 16.7 Å². The average Bonchev–Trinajstić information content (AvgIpc) is 2.89. The van der Waals surface area contributed by atoms with Gasteiger partial charge < -0.3 is 24.1 Å². The first kappa shape index (κ1) is 25.2. The van der Waals surface area contributed by atoms with E-state index in [9.17, 15) is 9.90 Å². The fourth-order valence-corrected chi connectivity index (χ4v) is 4.19. The van der Waals surface area contributed by atoms with Gasteiger partial charge >= 0.3 is 0 Å². The van der Waals surface area contributed by atoms with Crippen LogP contribution in [-0.2, 0) is 43.6 Å². The standard InChI is InChI=1S/C29H32O6/c1-21(30)27-26(31)29(34-19-24-15-9-4-10-16-24)28(33-18-23-13-7-3-8-14-23)25(35-27)20-32-17-22-11-5-2-6-12-22/h2-16,25-29,31H,17-20H2,1H3/t25-,26+,27+,28-,29-/m1/s1. The molecule has 3 aromatic rings. The van der Waals surface area contributed by atoms with Crippen LogP contribution in [0.2, 0.25) is 0 Å². The summed E-state index contributed by atoms with van der Waals surface area (Å²) in [7, 11) is 0. The molecule has 0 saturated carbocycles. The van der Waals surface area contributed by atoms with E-state index in [-0.39, 0.29) is 19.0 Å². The molecule has 1 heterocycles. The van der Waals surface area contributed by atoms with E-state index in [2.05, 4.69) is 0 Å². The van der Waals surface area contributed by atoms with E-state index in [0.29, 0.717) is 13.2 Å². The molecular weight excluding hydrogens is 444 g/mol. The lowest BCUT2D eigenvalue weighted by Crippen LogP contribution is -2.62. The Hall–Kier alpha value is -2.87. The van der Waals surface area contributed by atoms with Gasteiger partial charge in [0.15, 0.2) is 5.78 Å². The molecule has 0 unspecified atom stereocenters. The fourth-order valence-electron chi connectivity index (χ4n) is 4.19. The van der Waals surface area contributed by atoms with Crippen LogP contribution in [0.1, 0.15) is 23.6 Å². The minimum Gasteiger partial charge on any atom is -0.387 e. The minimum absolute atomic E-state index is 0.191. The highest BCUT2D eigenvalue weighted by Gasteiger charge is 2.48. The number of Topliss-reactive ketones (excluding diaryl/α,β-unsaturated/α-hetero) is 1. The molecule has 184 valence electrons. The van der Waals surface area contributed by atoms with Crippen LogP contribution in [0, 0.1) is 0 Å². The zero-order valence-corrected chi connectivity index (χ0v) is 19.9. The number of benzene rings is 3. The van der Waals surface area contributed by atoms with E-state index in [1.165, 1.54) is 6.92 Å². The molecule has 1 saturated heterocycles. The Morgan fingerprint density at radius 1 is 0.743 bits per heavy atom. The van der Waals surface area contributed by atoms with Crippen molar-refractivity contribution in [2.24, 2.45) is 0 Å². The number of hydrogen-bond donors (Lipinski definition) is 1. The predicted octanol–water partition coefficient (Wildman–Crippen LogP) is 4.09. The molecular formula is C29H32O6. The van der Waals surface area contributed by atoms with Crippen molar-refractivity contribution < 1.29 is 28.8 Å². The van der Waals surface area contributed by atoms with E-state index in [4.69, 9.17) is 18.9 Å². The third-order valence-corrected chi connectivity index (χ3v) is 6.02. The van der Waals surface area contributed by atoms with Crippen LogP contribution in [-0.4, -0.2) is 48.0 Å². The highest BCUT2D eigenvalue weighted by atomic mass is 16.6. The lowest BCUT2D eigenvalue weighted by atomic mass is 9.92. The normalized spacial score (nSPS) is 24.2. The molecule has 0 aliphatic carbocycles. The number of rotatable bonds is 11. The lowest BCUT2D eigenvalue weighted by molar-refractivity contribution is -0.255. The summed E-state index contributed by atoms with van der Waals surface area (Å²) in [6.45, 7) is 2.59. The molecule has 6 heteroatoms. The summed E-state index contributed by atoms with van der Waals surface area (Å²) in [5, 5.41) is 11.1. The van der Waals surface area contributed by atoms with Crippen LogP contribution in [0.15, 0.2) is 91.0 Å². The Labute approximate surface area is 206 Å². The van der Waals surface area contributed by atoms with Crippen molar-refractivity contribution in [3.8, 4) is 0 Å². The van der Waals surface area contributed by atoms with Crippen molar-refractivity contribution in [3.05, 3.63) is 108 Å². The molecule has 0 bridgehead atoms. The second kappa shape index (κ2) is 12.7. The third-order valence-electron chi connectivity index (χ3n) is 6.02. The van der Waals surface area contributed by atoms with E-state index >= 15 is 0 Å². The van der Waals surface area contributed by atoms with Crippen LogP contribution in [0.3, 0.4) is 0 Å². The summed E-state index contributed by atoms with van der Waals surface area (Å²) in [5.41, 5.74) is 2.98. The summed E-state index contributed by atoms with van der Waals surface area (Å²) in [5.74, 6) is -0.264. The molecule has 1 N–H and O–H groups in total. The van der Waals surface area contributed by atoms with Crippen LogP contribution in [0.25, 0.3) is 0 Å². The SMILES string of the molecule is CC(=O)[C@@H]1O[C@H](COCc2ccccc2)[C@@H](OCc2ccccc2)[C@H](OCc2ccccc2)[C@H]1O.